The van der Waals surface area contributed by atoms with Crippen molar-refractivity contribution in [3.8, 4) is 5.75 Å². The highest BCUT2D eigenvalue weighted by atomic mass is 35.5. The van der Waals surface area contributed by atoms with Crippen molar-refractivity contribution in [2.75, 3.05) is 20.2 Å². The number of carbonyl (C=O) groups is 1. The Bertz CT molecular complexity index is 1070. The summed E-state index contributed by atoms with van der Waals surface area (Å²) in [4.78, 5) is 14.2. The van der Waals surface area contributed by atoms with Gasteiger partial charge in [0.2, 0.25) is 0 Å². The molecule has 0 aromatic heterocycles. The highest BCUT2D eigenvalue weighted by Crippen LogP contribution is 2.34. The number of amides is 2. The van der Waals surface area contributed by atoms with E-state index in [0.29, 0.717) is 29.7 Å². The van der Waals surface area contributed by atoms with Crippen LogP contribution >= 0.6 is 23.2 Å². The Balaban J connectivity index is 1.36. The fourth-order valence-corrected chi connectivity index (χ4v) is 3.97. The Morgan fingerprint density at radius 2 is 1.81 bits per heavy atom. The number of methoxy groups -OCH3 is 1. The summed E-state index contributed by atoms with van der Waals surface area (Å²) in [5.41, 5.74) is 2.83. The van der Waals surface area contributed by atoms with Crippen LogP contribution in [0, 0.1) is 0 Å². The smallest absolute Gasteiger partial charge is 0.317 e. The largest absolute Gasteiger partial charge is 0.497 e. The Labute approximate surface area is 197 Å². The van der Waals surface area contributed by atoms with Crippen molar-refractivity contribution in [1.82, 2.24) is 10.2 Å². The average molecular weight is 471 g/mol. The summed E-state index contributed by atoms with van der Waals surface area (Å²) in [5, 5.41) is 4.24. The van der Waals surface area contributed by atoms with Gasteiger partial charge in [-0.15, -0.1) is 0 Å². The number of hydrogen-bond acceptors (Lipinski definition) is 3. The molecule has 166 valence electrons. The maximum atomic E-state index is 12.5. The van der Waals surface area contributed by atoms with Crippen LogP contribution in [0.15, 0.2) is 72.8 Å². The molecule has 5 nitrogen and oxygen atoms in total. The fourth-order valence-electron chi connectivity index (χ4n) is 3.61. The summed E-state index contributed by atoms with van der Waals surface area (Å²) in [6.07, 6.45) is -0.428. The number of halogens is 2. The van der Waals surface area contributed by atoms with Crippen LogP contribution in [0.2, 0.25) is 10.0 Å². The third kappa shape index (κ3) is 5.36. The van der Waals surface area contributed by atoms with E-state index >= 15 is 0 Å². The number of rotatable bonds is 7. The quantitative estimate of drug-likeness (QED) is 0.481. The number of urea groups is 1. The van der Waals surface area contributed by atoms with Crippen molar-refractivity contribution in [3.63, 3.8) is 0 Å². The predicted octanol–water partition coefficient (Wildman–Crippen LogP) is 5.70. The number of hydrogen-bond donors (Lipinski definition) is 1. The van der Waals surface area contributed by atoms with Gasteiger partial charge in [0.15, 0.2) is 0 Å². The number of nitrogens with one attached hydrogen (secondary N) is 1. The van der Waals surface area contributed by atoms with E-state index in [0.717, 1.165) is 22.4 Å². The normalized spacial score (nSPS) is 14.5. The van der Waals surface area contributed by atoms with E-state index in [4.69, 9.17) is 32.7 Å². The molecule has 0 bridgehead atoms. The lowest BCUT2D eigenvalue weighted by Gasteiger charge is -2.40. The molecule has 32 heavy (non-hydrogen) atoms. The SMILES string of the molecule is COc1cccc(CNC(=O)N2CC(OC(c3ccc(Cl)cc3)c3ccccc3Cl)C2)c1. The molecule has 1 aliphatic rings. The molecular formula is C25H24Cl2N2O3. The zero-order chi connectivity index (χ0) is 22.5. The minimum atomic E-state index is -0.340. The van der Waals surface area contributed by atoms with E-state index in [9.17, 15) is 4.79 Å². The molecule has 1 unspecified atom stereocenters. The standard InChI is InChI=1S/C25H24Cl2N2O3/c1-31-20-6-4-5-17(13-20)14-28-25(30)29-15-21(16-29)32-24(18-9-11-19(26)12-10-18)22-7-2-3-8-23(22)27/h2-13,21,24H,14-16H2,1H3,(H,28,30). The molecule has 0 aliphatic carbocycles. The molecule has 3 aromatic carbocycles. The van der Waals surface area contributed by atoms with Gasteiger partial charge in [0.25, 0.3) is 0 Å². The van der Waals surface area contributed by atoms with Gasteiger partial charge in [-0.25, -0.2) is 4.79 Å². The van der Waals surface area contributed by atoms with Crippen molar-refractivity contribution < 1.29 is 14.3 Å². The molecule has 1 atom stereocenters. The minimum Gasteiger partial charge on any atom is -0.497 e. The van der Waals surface area contributed by atoms with Crippen LogP contribution in [0.3, 0.4) is 0 Å². The molecule has 1 fully saturated rings. The highest BCUT2D eigenvalue weighted by molar-refractivity contribution is 6.31. The maximum absolute atomic E-state index is 12.5. The maximum Gasteiger partial charge on any atom is 0.317 e. The zero-order valence-corrected chi connectivity index (χ0v) is 19.1. The molecule has 1 N–H and O–H groups in total. The van der Waals surface area contributed by atoms with Gasteiger partial charge in [0, 0.05) is 22.2 Å². The molecule has 3 aromatic rings. The summed E-state index contributed by atoms with van der Waals surface area (Å²) in [6, 6.07) is 22.7. The lowest BCUT2D eigenvalue weighted by molar-refractivity contribution is -0.0645. The van der Waals surface area contributed by atoms with Crippen molar-refractivity contribution in [2.45, 2.75) is 18.8 Å². The monoisotopic (exact) mass is 470 g/mol. The molecule has 2 amide bonds. The first-order valence-electron chi connectivity index (χ1n) is 10.3. The summed E-state index contributed by atoms with van der Waals surface area (Å²) < 4.78 is 11.6. The number of nitrogens with zero attached hydrogens (tertiary/aromatic N) is 1. The molecule has 0 spiro atoms. The molecule has 4 rings (SSSR count). The summed E-state index contributed by atoms with van der Waals surface area (Å²) in [6.45, 7) is 1.46. The molecule has 1 aliphatic heterocycles. The molecule has 0 radical (unpaired) electrons. The second kappa shape index (κ2) is 10.3. The third-order valence-corrected chi connectivity index (χ3v) is 6.00. The second-order valence-corrected chi connectivity index (χ2v) is 8.47. The summed E-state index contributed by atoms with van der Waals surface area (Å²) >= 11 is 12.5. The lowest BCUT2D eigenvalue weighted by atomic mass is 10.0. The number of likely N-dealkylation sites (tertiary alicyclic amines) is 1. The Hall–Kier alpha value is -2.73. The van der Waals surface area contributed by atoms with Crippen LogP contribution in [0.5, 0.6) is 5.75 Å². The van der Waals surface area contributed by atoms with E-state index in [2.05, 4.69) is 5.32 Å². The Morgan fingerprint density at radius 3 is 2.53 bits per heavy atom. The van der Waals surface area contributed by atoms with Crippen LogP contribution in [0.1, 0.15) is 22.8 Å². The van der Waals surface area contributed by atoms with E-state index < -0.39 is 0 Å². The van der Waals surface area contributed by atoms with Gasteiger partial charge in [-0.2, -0.15) is 0 Å². The zero-order valence-electron chi connectivity index (χ0n) is 17.6. The van der Waals surface area contributed by atoms with Crippen molar-refractivity contribution >= 4 is 29.2 Å². The summed E-state index contributed by atoms with van der Waals surface area (Å²) in [5.74, 6) is 0.766. The van der Waals surface area contributed by atoms with Crippen molar-refractivity contribution in [3.05, 3.63) is 99.5 Å². The van der Waals surface area contributed by atoms with Gasteiger partial charge >= 0.3 is 6.03 Å². The Morgan fingerprint density at radius 1 is 1.06 bits per heavy atom. The van der Waals surface area contributed by atoms with Gasteiger partial charge in [-0.3, -0.25) is 0 Å². The van der Waals surface area contributed by atoms with Gasteiger partial charge in [-0.1, -0.05) is 65.7 Å². The number of carbonyl (C=O) groups excluding carboxylic acids is 1. The van der Waals surface area contributed by atoms with E-state index in [-0.39, 0.29) is 18.2 Å². The minimum absolute atomic E-state index is 0.0884. The number of benzene rings is 3. The van der Waals surface area contributed by atoms with Crippen LogP contribution in [0.4, 0.5) is 4.79 Å². The fraction of sp³-hybridized carbons (Fsp3) is 0.240. The number of ether oxygens (including phenoxy) is 2. The Kier molecular flexibility index (Phi) is 7.20. The molecular weight excluding hydrogens is 447 g/mol. The first-order chi connectivity index (χ1) is 15.5. The van der Waals surface area contributed by atoms with Crippen LogP contribution in [-0.2, 0) is 11.3 Å². The average Bonchev–Trinajstić information content (AvgIpc) is 2.78. The highest BCUT2D eigenvalue weighted by Gasteiger charge is 2.34. The van der Waals surface area contributed by atoms with Crippen LogP contribution < -0.4 is 10.1 Å². The van der Waals surface area contributed by atoms with E-state index in [1.807, 2.05) is 72.8 Å². The van der Waals surface area contributed by atoms with Crippen LogP contribution in [-0.4, -0.2) is 37.2 Å². The lowest BCUT2D eigenvalue weighted by Crippen LogP contribution is -2.57. The third-order valence-electron chi connectivity index (χ3n) is 5.40. The van der Waals surface area contributed by atoms with E-state index in [1.54, 1.807) is 12.0 Å². The van der Waals surface area contributed by atoms with Gasteiger partial charge < -0.3 is 19.7 Å². The first-order valence-corrected chi connectivity index (χ1v) is 11.1. The van der Waals surface area contributed by atoms with Gasteiger partial charge in [0.05, 0.1) is 26.3 Å². The van der Waals surface area contributed by atoms with Crippen molar-refractivity contribution in [1.29, 1.82) is 0 Å². The molecule has 7 heteroatoms. The molecule has 1 heterocycles. The first kappa shape index (κ1) is 22.5. The predicted molar refractivity (Wildman–Crippen MR) is 126 cm³/mol. The van der Waals surface area contributed by atoms with Crippen molar-refractivity contribution in [2.24, 2.45) is 0 Å². The van der Waals surface area contributed by atoms with Crippen LogP contribution in [0.25, 0.3) is 0 Å². The van der Waals surface area contributed by atoms with Gasteiger partial charge in [-0.05, 0) is 41.5 Å². The summed E-state index contributed by atoms with van der Waals surface area (Å²) in [7, 11) is 1.62. The second-order valence-electron chi connectivity index (χ2n) is 7.63. The topological polar surface area (TPSA) is 50.8 Å². The molecule has 1 saturated heterocycles. The van der Waals surface area contributed by atoms with Gasteiger partial charge in [0.1, 0.15) is 11.9 Å². The molecule has 0 saturated carbocycles. The van der Waals surface area contributed by atoms with E-state index in [1.165, 1.54) is 0 Å².